The van der Waals surface area contributed by atoms with Gasteiger partial charge in [0, 0.05) is 24.4 Å². The number of carbonyl (C=O) groups excluding carboxylic acids is 1. The van der Waals surface area contributed by atoms with Gasteiger partial charge in [-0.15, -0.1) is 0 Å². The topological polar surface area (TPSA) is 70.6 Å². The van der Waals surface area contributed by atoms with Crippen LogP contribution in [-0.4, -0.2) is 23.8 Å². The van der Waals surface area contributed by atoms with E-state index in [1.165, 1.54) is 0 Å². The molecular weight excluding hydrogens is 280 g/mol. The van der Waals surface area contributed by atoms with E-state index in [4.69, 9.17) is 9.84 Å². The number of aliphatic hydroxyl groups excluding tert-OH is 1. The lowest BCUT2D eigenvalue weighted by Gasteiger charge is -2.14. The van der Waals surface area contributed by atoms with Gasteiger partial charge in [-0.25, -0.2) is 4.79 Å². The van der Waals surface area contributed by atoms with E-state index in [-0.39, 0.29) is 18.7 Å². The zero-order valence-corrected chi connectivity index (χ0v) is 12.5. The number of benzene rings is 2. The number of aliphatic hydroxyl groups is 1. The molecular formula is C17H20N2O3. The molecule has 0 saturated heterocycles. The molecule has 0 spiro atoms. The molecule has 116 valence electrons. The number of hydrogen-bond acceptors (Lipinski definition) is 3. The fourth-order valence-electron chi connectivity index (χ4n) is 1.92. The smallest absolute Gasteiger partial charge is 0.319 e. The Bertz CT molecular complexity index is 602. The van der Waals surface area contributed by atoms with Crippen molar-refractivity contribution < 1.29 is 14.6 Å². The molecule has 2 aromatic carbocycles. The normalized spacial score (nSPS) is 11.5. The zero-order valence-electron chi connectivity index (χ0n) is 12.5. The summed E-state index contributed by atoms with van der Waals surface area (Å²) in [4.78, 5) is 11.8. The van der Waals surface area contributed by atoms with E-state index in [0.29, 0.717) is 17.9 Å². The van der Waals surface area contributed by atoms with Gasteiger partial charge in [-0.2, -0.15) is 0 Å². The van der Waals surface area contributed by atoms with E-state index in [0.717, 1.165) is 5.75 Å². The van der Waals surface area contributed by atoms with Crippen molar-refractivity contribution in [2.24, 2.45) is 0 Å². The largest absolute Gasteiger partial charge is 0.457 e. The molecule has 5 heteroatoms. The zero-order chi connectivity index (χ0) is 15.8. The molecule has 0 aliphatic rings. The summed E-state index contributed by atoms with van der Waals surface area (Å²) in [5.74, 6) is 1.38. The lowest BCUT2D eigenvalue weighted by Crippen LogP contribution is -2.36. The highest BCUT2D eigenvalue weighted by Crippen LogP contribution is 2.23. The van der Waals surface area contributed by atoms with Crippen molar-refractivity contribution in [2.75, 3.05) is 11.9 Å². The van der Waals surface area contributed by atoms with Crippen LogP contribution in [-0.2, 0) is 0 Å². The van der Waals surface area contributed by atoms with Gasteiger partial charge in [0.05, 0.1) is 0 Å². The predicted octanol–water partition coefficient (Wildman–Crippen LogP) is 3.37. The molecule has 2 rings (SSSR count). The second-order valence-corrected chi connectivity index (χ2v) is 4.95. The molecule has 0 heterocycles. The molecule has 1 atom stereocenters. The minimum atomic E-state index is -0.308. The summed E-state index contributed by atoms with van der Waals surface area (Å²) >= 11 is 0. The third-order valence-electron chi connectivity index (χ3n) is 3.01. The van der Waals surface area contributed by atoms with Crippen LogP contribution in [0.1, 0.15) is 13.3 Å². The van der Waals surface area contributed by atoms with Crippen LogP contribution in [0.5, 0.6) is 11.5 Å². The van der Waals surface area contributed by atoms with Crippen molar-refractivity contribution in [3.05, 3.63) is 54.6 Å². The second kappa shape index (κ2) is 8.05. The number of para-hydroxylation sites is 1. The number of carbonyl (C=O) groups is 1. The minimum absolute atomic E-state index is 0.0435. The summed E-state index contributed by atoms with van der Waals surface area (Å²) < 4.78 is 5.72. The first kappa shape index (κ1) is 15.9. The van der Waals surface area contributed by atoms with Gasteiger partial charge in [0.1, 0.15) is 11.5 Å². The molecule has 0 bridgehead atoms. The summed E-state index contributed by atoms with van der Waals surface area (Å²) in [6, 6.07) is 16.2. The highest BCUT2D eigenvalue weighted by atomic mass is 16.5. The van der Waals surface area contributed by atoms with Gasteiger partial charge in [-0.05, 0) is 37.6 Å². The molecule has 0 aliphatic heterocycles. The number of anilines is 1. The molecule has 0 unspecified atom stereocenters. The van der Waals surface area contributed by atoms with Crippen LogP contribution in [0.15, 0.2) is 54.6 Å². The quantitative estimate of drug-likeness (QED) is 0.766. The van der Waals surface area contributed by atoms with E-state index >= 15 is 0 Å². The molecule has 2 aromatic rings. The van der Waals surface area contributed by atoms with Gasteiger partial charge in [0.2, 0.25) is 0 Å². The van der Waals surface area contributed by atoms with Crippen LogP contribution in [0, 0.1) is 0 Å². The van der Waals surface area contributed by atoms with Gasteiger partial charge in [-0.3, -0.25) is 0 Å². The Hall–Kier alpha value is -2.53. The van der Waals surface area contributed by atoms with Crippen LogP contribution in [0.3, 0.4) is 0 Å². The summed E-state index contributed by atoms with van der Waals surface area (Å²) in [5, 5.41) is 14.3. The first-order valence-electron chi connectivity index (χ1n) is 7.18. The Kier molecular flexibility index (Phi) is 5.80. The number of urea groups is 1. The van der Waals surface area contributed by atoms with Crippen molar-refractivity contribution in [1.29, 1.82) is 0 Å². The van der Waals surface area contributed by atoms with Crippen LogP contribution >= 0.6 is 0 Å². The number of nitrogens with one attached hydrogen (secondary N) is 2. The van der Waals surface area contributed by atoms with Gasteiger partial charge < -0.3 is 20.5 Å². The maximum Gasteiger partial charge on any atom is 0.319 e. The summed E-state index contributed by atoms with van der Waals surface area (Å²) in [6.45, 7) is 1.88. The highest BCUT2D eigenvalue weighted by molar-refractivity contribution is 5.89. The number of rotatable bonds is 6. The van der Waals surface area contributed by atoms with E-state index in [1.807, 2.05) is 49.4 Å². The van der Waals surface area contributed by atoms with Crippen molar-refractivity contribution in [3.63, 3.8) is 0 Å². The van der Waals surface area contributed by atoms with Gasteiger partial charge in [-0.1, -0.05) is 24.3 Å². The number of hydrogen-bond donors (Lipinski definition) is 3. The van der Waals surface area contributed by atoms with Crippen LogP contribution in [0.2, 0.25) is 0 Å². The first-order chi connectivity index (χ1) is 10.7. The molecule has 2 amide bonds. The molecule has 0 radical (unpaired) electrons. The average Bonchev–Trinajstić information content (AvgIpc) is 2.48. The van der Waals surface area contributed by atoms with Crippen LogP contribution in [0.25, 0.3) is 0 Å². The number of amides is 2. The molecule has 0 aromatic heterocycles. The molecule has 0 fully saturated rings. The second-order valence-electron chi connectivity index (χ2n) is 4.95. The SMILES string of the molecule is C[C@H](CCO)NC(=O)Nc1cccc(Oc2ccccc2)c1. The number of ether oxygens (including phenoxy) is 1. The van der Waals surface area contributed by atoms with Crippen LogP contribution < -0.4 is 15.4 Å². The van der Waals surface area contributed by atoms with Gasteiger partial charge >= 0.3 is 6.03 Å². The third-order valence-corrected chi connectivity index (χ3v) is 3.01. The molecule has 0 saturated carbocycles. The van der Waals surface area contributed by atoms with Crippen molar-refractivity contribution >= 4 is 11.7 Å². The fourth-order valence-corrected chi connectivity index (χ4v) is 1.92. The molecule has 0 aliphatic carbocycles. The summed E-state index contributed by atoms with van der Waals surface area (Å²) in [5.41, 5.74) is 0.641. The Morgan fingerprint density at radius 1 is 1.14 bits per heavy atom. The van der Waals surface area contributed by atoms with Crippen molar-refractivity contribution in [3.8, 4) is 11.5 Å². The summed E-state index contributed by atoms with van der Waals surface area (Å²) in [6.07, 6.45) is 0.518. The Morgan fingerprint density at radius 3 is 2.59 bits per heavy atom. The lowest BCUT2D eigenvalue weighted by molar-refractivity contribution is 0.241. The van der Waals surface area contributed by atoms with E-state index in [1.54, 1.807) is 12.1 Å². The predicted molar refractivity (Wildman–Crippen MR) is 86.3 cm³/mol. The maximum atomic E-state index is 11.8. The standard InChI is InChI=1S/C17H20N2O3/c1-13(10-11-20)18-17(21)19-14-6-5-9-16(12-14)22-15-7-3-2-4-8-15/h2-9,12-13,20H,10-11H2,1H3,(H2,18,19,21)/t13-/m1/s1. The summed E-state index contributed by atoms with van der Waals surface area (Å²) in [7, 11) is 0. The maximum absolute atomic E-state index is 11.8. The molecule has 5 nitrogen and oxygen atoms in total. The van der Waals surface area contributed by atoms with Crippen molar-refractivity contribution in [1.82, 2.24) is 5.32 Å². The van der Waals surface area contributed by atoms with Crippen molar-refractivity contribution in [2.45, 2.75) is 19.4 Å². The van der Waals surface area contributed by atoms with Gasteiger partial charge in [0.15, 0.2) is 0 Å². The fraction of sp³-hybridized carbons (Fsp3) is 0.235. The van der Waals surface area contributed by atoms with E-state index in [2.05, 4.69) is 10.6 Å². The lowest BCUT2D eigenvalue weighted by atomic mass is 10.2. The van der Waals surface area contributed by atoms with E-state index in [9.17, 15) is 4.79 Å². The highest BCUT2D eigenvalue weighted by Gasteiger charge is 2.07. The molecule has 22 heavy (non-hydrogen) atoms. The van der Waals surface area contributed by atoms with Gasteiger partial charge in [0.25, 0.3) is 0 Å². The minimum Gasteiger partial charge on any atom is -0.457 e. The Morgan fingerprint density at radius 2 is 1.86 bits per heavy atom. The van der Waals surface area contributed by atoms with Crippen LogP contribution in [0.4, 0.5) is 10.5 Å². The Labute approximate surface area is 129 Å². The molecule has 3 N–H and O–H groups in total. The monoisotopic (exact) mass is 300 g/mol. The van der Waals surface area contributed by atoms with E-state index < -0.39 is 0 Å². The first-order valence-corrected chi connectivity index (χ1v) is 7.18. The third kappa shape index (κ3) is 5.10. The Balaban J connectivity index is 1.95. The average molecular weight is 300 g/mol.